The second kappa shape index (κ2) is 5.74. The van der Waals surface area contributed by atoms with Crippen molar-refractivity contribution in [3.05, 3.63) is 65.0 Å². The molecular weight excluding hydrogens is 259 g/mol. The van der Waals surface area contributed by atoms with Crippen LogP contribution >= 0.6 is 0 Å². The second-order valence-corrected chi connectivity index (χ2v) is 4.77. The van der Waals surface area contributed by atoms with Crippen LogP contribution in [0.15, 0.2) is 42.5 Å². The molecule has 0 radical (unpaired) electrons. The number of carboxylic acids is 1. The average Bonchev–Trinajstić information content (AvgIpc) is 2.39. The van der Waals surface area contributed by atoms with Crippen molar-refractivity contribution in [1.82, 2.24) is 0 Å². The molecule has 3 nitrogen and oxygen atoms in total. The number of halogens is 1. The van der Waals surface area contributed by atoms with Gasteiger partial charge in [0.2, 0.25) is 0 Å². The number of rotatable bonds is 4. The van der Waals surface area contributed by atoms with Gasteiger partial charge in [0.05, 0.1) is 5.92 Å². The fraction of sp³-hybridized carbons (Fsp3) is 0.188. The lowest BCUT2D eigenvalue weighted by Crippen LogP contribution is -2.14. The van der Waals surface area contributed by atoms with E-state index >= 15 is 0 Å². The normalized spacial score (nSPS) is 12.1. The lowest BCUT2D eigenvalue weighted by Gasteiger charge is -2.14. The Morgan fingerprint density at radius 1 is 1.25 bits per heavy atom. The summed E-state index contributed by atoms with van der Waals surface area (Å²) in [7, 11) is 0. The van der Waals surface area contributed by atoms with Crippen LogP contribution in [0.5, 0.6) is 5.75 Å². The number of hydrogen-bond donors (Lipinski definition) is 2. The number of carbonyl (C=O) groups is 1. The molecule has 1 unspecified atom stereocenters. The molecule has 20 heavy (non-hydrogen) atoms. The van der Waals surface area contributed by atoms with Gasteiger partial charge in [0.1, 0.15) is 11.6 Å². The number of aryl methyl sites for hydroxylation is 1. The number of hydrogen-bond acceptors (Lipinski definition) is 2. The van der Waals surface area contributed by atoms with Crippen LogP contribution in [-0.2, 0) is 11.2 Å². The molecular formula is C16H15FO3. The zero-order chi connectivity index (χ0) is 14.7. The number of benzene rings is 2. The van der Waals surface area contributed by atoms with Crippen LogP contribution in [0.2, 0.25) is 0 Å². The highest BCUT2D eigenvalue weighted by Gasteiger charge is 2.21. The van der Waals surface area contributed by atoms with Gasteiger partial charge in [0.25, 0.3) is 0 Å². The molecule has 0 fully saturated rings. The van der Waals surface area contributed by atoms with Gasteiger partial charge in [-0.25, -0.2) is 4.39 Å². The molecule has 4 heteroatoms. The summed E-state index contributed by atoms with van der Waals surface area (Å²) in [4.78, 5) is 11.4. The molecule has 2 aromatic carbocycles. The molecule has 0 saturated heterocycles. The zero-order valence-electron chi connectivity index (χ0n) is 11.0. The molecule has 2 rings (SSSR count). The van der Waals surface area contributed by atoms with Gasteiger partial charge in [0.15, 0.2) is 0 Å². The van der Waals surface area contributed by atoms with Crippen LogP contribution in [-0.4, -0.2) is 16.2 Å². The third-order valence-electron chi connectivity index (χ3n) is 3.25. The summed E-state index contributed by atoms with van der Waals surface area (Å²) in [6.45, 7) is 1.63. The van der Waals surface area contributed by atoms with Gasteiger partial charge in [-0.05, 0) is 48.2 Å². The Morgan fingerprint density at radius 2 is 2.00 bits per heavy atom. The van der Waals surface area contributed by atoms with Crippen molar-refractivity contribution in [3.8, 4) is 5.75 Å². The molecule has 0 aromatic heterocycles. The monoisotopic (exact) mass is 274 g/mol. The first-order valence-electron chi connectivity index (χ1n) is 6.24. The molecule has 2 N–H and O–H groups in total. The van der Waals surface area contributed by atoms with Crippen molar-refractivity contribution < 1.29 is 19.4 Å². The van der Waals surface area contributed by atoms with Crippen molar-refractivity contribution in [3.63, 3.8) is 0 Å². The SMILES string of the molecule is Cc1ccc(C(Cc2cccc(O)c2)C(=O)O)cc1F. The molecule has 2 aromatic rings. The quantitative estimate of drug-likeness (QED) is 0.899. The first kappa shape index (κ1) is 14.1. The summed E-state index contributed by atoms with van der Waals surface area (Å²) in [6.07, 6.45) is 0.201. The van der Waals surface area contributed by atoms with E-state index in [4.69, 9.17) is 0 Å². The van der Waals surface area contributed by atoms with E-state index in [1.807, 2.05) is 0 Å². The Kier molecular flexibility index (Phi) is 4.03. The van der Waals surface area contributed by atoms with E-state index in [2.05, 4.69) is 0 Å². The van der Waals surface area contributed by atoms with Crippen LogP contribution in [0.25, 0.3) is 0 Å². The van der Waals surface area contributed by atoms with Crippen LogP contribution in [0.1, 0.15) is 22.6 Å². The molecule has 104 valence electrons. The van der Waals surface area contributed by atoms with Crippen molar-refractivity contribution in [1.29, 1.82) is 0 Å². The molecule has 0 aliphatic heterocycles. The Hall–Kier alpha value is -2.36. The van der Waals surface area contributed by atoms with Crippen LogP contribution in [0.3, 0.4) is 0 Å². The predicted octanol–water partition coefficient (Wildman–Crippen LogP) is 3.25. The minimum atomic E-state index is -1.02. The third kappa shape index (κ3) is 3.15. The highest BCUT2D eigenvalue weighted by Crippen LogP contribution is 2.24. The van der Waals surface area contributed by atoms with Gasteiger partial charge >= 0.3 is 5.97 Å². The van der Waals surface area contributed by atoms with Gasteiger partial charge in [0, 0.05) is 0 Å². The molecule has 1 atom stereocenters. The van der Waals surface area contributed by atoms with E-state index in [1.54, 1.807) is 31.2 Å². The van der Waals surface area contributed by atoms with Crippen LogP contribution < -0.4 is 0 Å². The van der Waals surface area contributed by atoms with Crippen molar-refractivity contribution in [2.75, 3.05) is 0 Å². The van der Waals surface area contributed by atoms with Crippen LogP contribution in [0.4, 0.5) is 4.39 Å². The number of aromatic hydroxyl groups is 1. The Labute approximate surface area is 116 Å². The smallest absolute Gasteiger partial charge is 0.311 e. The van der Waals surface area contributed by atoms with E-state index in [-0.39, 0.29) is 12.2 Å². The summed E-state index contributed by atoms with van der Waals surface area (Å²) in [5, 5.41) is 18.7. The van der Waals surface area contributed by atoms with E-state index in [0.29, 0.717) is 16.7 Å². The summed E-state index contributed by atoms with van der Waals surface area (Å²) >= 11 is 0. The standard InChI is InChI=1S/C16H15FO3/c1-10-5-6-12(9-15(10)17)14(16(19)20)8-11-3-2-4-13(18)7-11/h2-7,9,14,18H,8H2,1H3,(H,19,20). The molecule has 0 heterocycles. The van der Waals surface area contributed by atoms with Gasteiger partial charge in [-0.2, -0.15) is 0 Å². The van der Waals surface area contributed by atoms with E-state index in [0.717, 1.165) is 0 Å². The average molecular weight is 274 g/mol. The first-order chi connectivity index (χ1) is 9.47. The lowest BCUT2D eigenvalue weighted by atomic mass is 9.91. The minimum absolute atomic E-state index is 0.0849. The summed E-state index contributed by atoms with van der Waals surface area (Å²) in [5.74, 6) is -2.19. The summed E-state index contributed by atoms with van der Waals surface area (Å²) in [6, 6.07) is 10.9. The number of phenols is 1. The molecule has 0 amide bonds. The fourth-order valence-corrected chi connectivity index (χ4v) is 2.09. The van der Waals surface area contributed by atoms with E-state index < -0.39 is 17.7 Å². The van der Waals surface area contributed by atoms with Crippen LogP contribution in [0, 0.1) is 12.7 Å². The largest absolute Gasteiger partial charge is 0.508 e. The van der Waals surface area contributed by atoms with Crippen molar-refractivity contribution in [2.24, 2.45) is 0 Å². The number of carboxylic acid groups (broad SMARTS) is 1. The van der Waals surface area contributed by atoms with Gasteiger partial charge < -0.3 is 10.2 Å². The molecule has 0 aliphatic rings. The zero-order valence-corrected chi connectivity index (χ0v) is 11.0. The maximum absolute atomic E-state index is 13.6. The van der Waals surface area contributed by atoms with Crippen molar-refractivity contribution in [2.45, 2.75) is 19.3 Å². The third-order valence-corrected chi connectivity index (χ3v) is 3.25. The Bertz CT molecular complexity index is 637. The molecule has 0 bridgehead atoms. The predicted molar refractivity (Wildman–Crippen MR) is 73.3 cm³/mol. The maximum atomic E-state index is 13.6. The molecule has 0 aliphatic carbocycles. The fourth-order valence-electron chi connectivity index (χ4n) is 2.09. The minimum Gasteiger partial charge on any atom is -0.508 e. The summed E-state index contributed by atoms with van der Waals surface area (Å²) < 4.78 is 13.6. The second-order valence-electron chi connectivity index (χ2n) is 4.77. The lowest BCUT2D eigenvalue weighted by molar-refractivity contribution is -0.138. The van der Waals surface area contributed by atoms with E-state index in [1.165, 1.54) is 18.2 Å². The molecule has 0 spiro atoms. The van der Waals surface area contributed by atoms with Gasteiger partial charge in [-0.1, -0.05) is 24.3 Å². The first-order valence-corrected chi connectivity index (χ1v) is 6.24. The maximum Gasteiger partial charge on any atom is 0.311 e. The summed E-state index contributed by atoms with van der Waals surface area (Å²) in [5.41, 5.74) is 1.59. The number of phenolic OH excluding ortho intramolecular Hbond substituents is 1. The Morgan fingerprint density at radius 3 is 2.60 bits per heavy atom. The van der Waals surface area contributed by atoms with Crippen molar-refractivity contribution >= 4 is 5.97 Å². The van der Waals surface area contributed by atoms with Gasteiger partial charge in [-0.15, -0.1) is 0 Å². The highest BCUT2D eigenvalue weighted by atomic mass is 19.1. The van der Waals surface area contributed by atoms with E-state index in [9.17, 15) is 19.4 Å². The molecule has 0 saturated carbocycles. The topological polar surface area (TPSA) is 57.5 Å². The number of aliphatic carboxylic acids is 1. The highest BCUT2D eigenvalue weighted by molar-refractivity contribution is 5.76. The Balaban J connectivity index is 2.32. The van der Waals surface area contributed by atoms with Gasteiger partial charge in [-0.3, -0.25) is 4.79 Å².